The molecule has 0 spiro atoms. The zero-order chi connectivity index (χ0) is 29.0. The van der Waals surface area contributed by atoms with Crippen LogP contribution in [0.5, 0.6) is 0 Å². The molecular formula is C39H74ClN. The Labute approximate surface area is 265 Å². The van der Waals surface area contributed by atoms with Crippen molar-refractivity contribution in [1.29, 1.82) is 0 Å². The molecule has 0 radical (unpaired) electrons. The highest BCUT2D eigenvalue weighted by atomic mass is 35.5. The van der Waals surface area contributed by atoms with Crippen molar-refractivity contribution in [1.82, 2.24) is 5.32 Å². The lowest BCUT2D eigenvalue weighted by Gasteiger charge is -2.29. The Hall–Kier alpha value is -0.530. The van der Waals surface area contributed by atoms with E-state index in [4.69, 9.17) is 0 Å². The monoisotopic (exact) mass is 592 g/mol. The average molecular weight is 592 g/mol. The van der Waals surface area contributed by atoms with E-state index in [0.29, 0.717) is 0 Å². The Bertz CT molecular complexity index is 655. The van der Waals surface area contributed by atoms with E-state index in [-0.39, 0.29) is 17.9 Å². The second kappa shape index (κ2) is 29.5. The number of rotatable bonds is 30. The molecule has 0 amide bonds. The molecule has 1 aromatic carbocycles. The highest BCUT2D eigenvalue weighted by Crippen LogP contribution is 2.26. The van der Waals surface area contributed by atoms with Gasteiger partial charge in [-0.15, -0.1) is 12.4 Å². The summed E-state index contributed by atoms with van der Waals surface area (Å²) in [6, 6.07) is 9.22. The van der Waals surface area contributed by atoms with E-state index in [1.165, 1.54) is 179 Å². The van der Waals surface area contributed by atoms with Gasteiger partial charge in [-0.2, -0.15) is 0 Å². The lowest BCUT2D eigenvalue weighted by atomic mass is 9.87. The van der Waals surface area contributed by atoms with E-state index in [9.17, 15) is 0 Å². The maximum Gasteiger partial charge on any atom is 0.0380 e. The fourth-order valence-electron chi connectivity index (χ4n) is 6.32. The molecule has 0 aliphatic rings. The zero-order valence-electron chi connectivity index (χ0n) is 28.5. The van der Waals surface area contributed by atoms with Crippen molar-refractivity contribution < 1.29 is 0 Å². The first kappa shape index (κ1) is 40.5. The Morgan fingerprint density at radius 2 is 0.805 bits per heavy atom. The van der Waals surface area contributed by atoms with Crippen molar-refractivity contribution in [3.8, 4) is 0 Å². The summed E-state index contributed by atoms with van der Waals surface area (Å²) >= 11 is 0. The summed E-state index contributed by atoms with van der Waals surface area (Å²) in [6.07, 6.45) is 38.3. The van der Waals surface area contributed by atoms with E-state index in [1.54, 1.807) is 5.56 Å². The third-order valence-corrected chi connectivity index (χ3v) is 9.09. The standard InChI is InChI=1S/C39H73N.ClH/c1-5-7-9-11-13-15-17-19-20-21-23-25-27-29-33-37-34-30-31-35-38(37)39(3,4)40-36-32-28-26-24-22-18-16-14-12-10-8-6-2;/h30-31,34-35,40H,5-29,32-33,36H2,1-4H3;1H. The summed E-state index contributed by atoms with van der Waals surface area (Å²) in [5.74, 6) is 0. The largest absolute Gasteiger partial charge is 0.308 e. The van der Waals surface area contributed by atoms with Gasteiger partial charge in [0.2, 0.25) is 0 Å². The molecule has 1 nitrogen and oxygen atoms in total. The van der Waals surface area contributed by atoms with Gasteiger partial charge in [0.15, 0.2) is 0 Å². The molecular weight excluding hydrogens is 518 g/mol. The van der Waals surface area contributed by atoms with E-state index < -0.39 is 0 Å². The lowest BCUT2D eigenvalue weighted by molar-refractivity contribution is 0.391. The van der Waals surface area contributed by atoms with Gasteiger partial charge in [-0.05, 0) is 50.8 Å². The fourth-order valence-corrected chi connectivity index (χ4v) is 6.32. The van der Waals surface area contributed by atoms with Gasteiger partial charge in [0.05, 0.1) is 0 Å². The van der Waals surface area contributed by atoms with Crippen LogP contribution < -0.4 is 5.32 Å². The van der Waals surface area contributed by atoms with Crippen molar-refractivity contribution in [3.05, 3.63) is 35.4 Å². The van der Waals surface area contributed by atoms with E-state index in [2.05, 4.69) is 57.3 Å². The summed E-state index contributed by atoms with van der Waals surface area (Å²) < 4.78 is 0. The second-order valence-corrected chi connectivity index (χ2v) is 13.4. The number of hydrogen-bond acceptors (Lipinski definition) is 1. The van der Waals surface area contributed by atoms with Crippen LogP contribution in [0.15, 0.2) is 24.3 Å². The maximum atomic E-state index is 3.90. The van der Waals surface area contributed by atoms with Crippen molar-refractivity contribution in [2.45, 2.75) is 207 Å². The number of aryl methyl sites for hydroxylation is 1. The molecule has 1 rings (SSSR count). The Kier molecular flexibility index (Phi) is 29.2. The molecule has 0 saturated heterocycles. The summed E-state index contributed by atoms with van der Waals surface area (Å²) in [7, 11) is 0. The summed E-state index contributed by atoms with van der Waals surface area (Å²) in [5.41, 5.74) is 3.14. The molecule has 1 N–H and O–H groups in total. The molecule has 0 fully saturated rings. The van der Waals surface area contributed by atoms with Crippen LogP contribution in [0.2, 0.25) is 0 Å². The van der Waals surface area contributed by atoms with Crippen molar-refractivity contribution >= 4 is 12.4 Å². The maximum absolute atomic E-state index is 3.90. The molecule has 0 heterocycles. The minimum Gasteiger partial charge on any atom is -0.308 e. The van der Waals surface area contributed by atoms with Gasteiger partial charge in [-0.1, -0.05) is 192 Å². The molecule has 0 unspecified atom stereocenters. The predicted molar refractivity (Wildman–Crippen MR) is 190 cm³/mol. The van der Waals surface area contributed by atoms with E-state index in [0.717, 1.165) is 6.54 Å². The molecule has 41 heavy (non-hydrogen) atoms. The highest BCUT2D eigenvalue weighted by molar-refractivity contribution is 5.85. The Morgan fingerprint density at radius 3 is 1.22 bits per heavy atom. The van der Waals surface area contributed by atoms with Crippen molar-refractivity contribution in [2.75, 3.05) is 6.54 Å². The summed E-state index contributed by atoms with van der Waals surface area (Å²) in [6.45, 7) is 10.5. The summed E-state index contributed by atoms with van der Waals surface area (Å²) in [4.78, 5) is 0. The SMILES string of the molecule is CCCCCCCCCCCCCCCCc1ccccc1C(C)(C)NCCCCCCCCCCCCCC.Cl. The first-order valence-electron chi connectivity index (χ1n) is 18.4. The summed E-state index contributed by atoms with van der Waals surface area (Å²) in [5, 5.41) is 3.90. The third kappa shape index (κ3) is 23.6. The molecule has 0 atom stereocenters. The lowest BCUT2D eigenvalue weighted by Crippen LogP contribution is -2.38. The Morgan fingerprint density at radius 1 is 0.463 bits per heavy atom. The van der Waals surface area contributed by atoms with Crippen LogP contribution in [-0.4, -0.2) is 6.54 Å². The number of nitrogens with one attached hydrogen (secondary N) is 1. The minimum atomic E-state index is 0. The third-order valence-electron chi connectivity index (χ3n) is 9.09. The molecule has 0 aromatic heterocycles. The van der Waals surface area contributed by atoms with Crippen molar-refractivity contribution in [3.63, 3.8) is 0 Å². The van der Waals surface area contributed by atoms with Gasteiger partial charge in [-0.3, -0.25) is 0 Å². The molecule has 2 heteroatoms. The molecule has 0 aliphatic carbocycles. The average Bonchev–Trinajstić information content (AvgIpc) is 2.96. The van der Waals surface area contributed by atoms with Crippen LogP contribution in [-0.2, 0) is 12.0 Å². The van der Waals surface area contributed by atoms with Crippen LogP contribution in [0.1, 0.15) is 206 Å². The number of hydrogen-bond donors (Lipinski definition) is 1. The number of unbranched alkanes of at least 4 members (excludes halogenated alkanes) is 24. The topological polar surface area (TPSA) is 12.0 Å². The van der Waals surface area contributed by atoms with E-state index >= 15 is 0 Å². The molecule has 1 aromatic rings. The van der Waals surface area contributed by atoms with Crippen LogP contribution in [0.4, 0.5) is 0 Å². The number of benzene rings is 1. The van der Waals surface area contributed by atoms with Gasteiger partial charge in [0, 0.05) is 5.54 Å². The first-order valence-corrected chi connectivity index (χ1v) is 18.4. The number of halogens is 1. The molecule has 0 aliphatic heterocycles. The van der Waals surface area contributed by atoms with Crippen LogP contribution in [0.25, 0.3) is 0 Å². The van der Waals surface area contributed by atoms with E-state index in [1.807, 2.05) is 0 Å². The molecule has 242 valence electrons. The second-order valence-electron chi connectivity index (χ2n) is 13.4. The van der Waals surface area contributed by atoms with Crippen LogP contribution in [0.3, 0.4) is 0 Å². The normalized spacial score (nSPS) is 11.6. The highest BCUT2D eigenvalue weighted by Gasteiger charge is 2.22. The first-order chi connectivity index (χ1) is 19.6. The quantitative estimate of drug-likeness (QED) is 0.0877. The van der Waals surface area contributed by atoms with Gasteiger partial charge < -0.3 is 5.32 Å². The Balaban J connectivity index is 0.0000160. The zero-order valence-corrected chi connectivity index (χ0v) is 29.3. The fraction of sp³-hybridized carbons (Fsp3) is 0.846. The smallest absolute Gasteiger partial charge is 0.0380 e. The van der Waals surface area contributed by atoms with Crippen molar-refractivity contribution in [2.24, 2.45) is 0 Å². The minimum absolute atomic E-state index is 0. The van der Waals surface area contributed by atoms with Gasteiger partial charge >= 0.3 is 0 Å². The predicted octanol–water partition coefficient (Wildman–Crippen LogP) is 13.7. The van der Waals surface area contributed by atoms with Gasteiger partial charge in [0.25, 0.3) is 0 Å². The van der Waals surface area contributed by atoms with Crippen LogP contribution in [0, 0.1) is 0 Å². The van der Waals surface area contributed by atoms with Gasteiger partial charge in [-0.25, -0.2) is 0 Å². The molecule has 0 saturated carbocycles. The molecule has 0 bridgehead atoms. The van der Waals surface area contributed by atoms with Gasteiger partial charge in [0.1, 0.15) is 0 Å². The van der Waals surface area contributed by atoms with Crippen LogP contribution >= 0.6 is 12.4 Å².